The molecule has 29 heavy (non-hydrogen) atoms. The van der Waals surface area contributed by atoms with Crippen LogP contribution in [0, 0.1) is 0 Å². The summed E-state index contributed by atoms with van der Waals surface area (Å²) in [7, 11) is 0. The minimum atomic E-state index is -0.541. The molecule has 0 aromatic heterocycles. The van der Waals surface area contributed by atoms with Crippen molar-refractivity contribution in [1.82, 2.24) is 10.6 Å². The van der Waals surface area contributed by atoms with Crippen LogP contribution in [0.3, 0.4) is 0 Å². The first-order chi connectivity index (χ1) is 14.1. The lowest BCUT2D eigenvalue weighted by molar-refractivity contribution is -0.121. The van der Waals surface area contributed by atoms with Crippen molar-refractivity contribution >= 4 is 23.3 Å². The van der Waals surface area contributed by atoms with Crippen LogP contribution in [-0.4, -0.2) is 37.6 Å². The number of carbonyl (C=O) groups is 2. The van der Waals surface area contributed by atoms with Gasteiger partial charge >= 0.3 is 6.03 Å². The van der Waals surface area contributed by atoms with Crippen LogP contribution in [0.15, 0.2) is 61.3 Å². The molecule has 0 radical (unpaired) electrons. The molecule has 2 fully saturated rings. The summed E-state index contributed by atoms with van der Waals surface area (Å²) < 4.78 is 0. The average molecular weight is 395 g/mol. The van der Waals surface area contributed by atoms with Crippen molar-refractivity contribution in [2.75, 3.05) is 29.4 Å². The Morgan fingerprint density at radius 1 is 1.00 bits per heavy atom. The van der Waals surface area contributed by atoms with E-state index in [0.29, 0.717) is 18.7 Å². The number of hydrogen-bond acceptors (Lipinski definition) is 3. The Morgan fingerprint density at radius 2 is 1.69 bits per heavy atom. The third kappa shape index (κ3) is 5.28. The van der Waals surface area contributed by atoms with Crippen LogP contribution in [0.5, 0.6) is 0 Å². The molecule has 1 aromatic carbocycles. The molecule has 0 aliphatic carbocycles. The molecule has 1 atom stereocenters. The summed E-state index contributed by atoms with van der Waals surface area (Å²) in [6, 6.07) is 7.24. The molecular formula is C23H30N4O2. The highest BCUT2D eigenvalue weighted by Gasteiger charge is 2.31. The van der Waals surface area contributed by atoms with Gasteiger partial charge in [0.2, 0.25) is 5.91 Å². The second kappa shape index (κ2) is 9.96. The molecule has 1 aromatic rings. The van der Waals surface area contributed by atoms with E-state index in [9.17, 15) is 9.59 Å². The Morgan fingerprint density at radius 3 is 2.34 bits per heavy atom. The number of anilines is 2. The third-order valence-electron chi connectivity index (χ3n) is 5.40. The van der Waals surface area contributed by atoms with Crippen molar-refractivity contribution in [3.63, 3.8) is 0 Å². The van der Waals surface area contributed by atoms with Crippen molar-refractivity contribution in [2.24, 2.45) is 0 Å². The summed E-state index contributed by atoms with van der Waals surface area (Å²) >= 11 is 0. The number of nitrogens with zero attached hydrogens (tertiary/aromatic N) is 2. The highest BCUT2D eigenvalue weighted by Crippen LogP contribution is 2.26. The van der Waals surface area contributed by atoms with Crippen LogP contribution >= 0.6 is 0 Å². The van der Waals surface area contributed by atoms with Gasteiger partial charge in [0.25, 0.3) is 0 Å². The van der Waals surface area contributed by atoms with E-state index in [1.807, 2.05) is 12.1 Å². The SMILES string of the molecule is C=C/C=C(\C=C)NC(=O)NC1CCCN(c2ccc(N3CCCCC3)cc2)C1=O. The molecule has 2 heterocycles. The van der Waals surface area contributed by atoms with E-state index in [0.717, 1.165) is 25.2 Å². The zero-order valence-electron chi connectivity index (χ0n) is 16.9. The van der Waals surface area contributed by atoms with Crippen LogP contribution in [0.1, 0.15) is 32.1 Å². The number of benzene rings is 1. The molecule has 2 aliphatic heterocycles. The van der Waals surface area contributed by atoms with Gasteiger partial charge in [-0.3, -0.25) is 4.79 Å². The Balaban J connectivity index is 1.63. The molecular weight excluding hydrogens is 364 g/mol. The van der Waals surface area contributed by atoms with Gasteiger partial charge in [0, 0.05) is 36.7 Å². The lowest BCUT2D eigenvalue weighted by atomic mass is 10.0. The number of carbonyl (C=O) groups excluding carboxylic acids is 2. The van der Waals surface area contributed by atoms with E-state index < -0.39 is 12.1 Å². The highest BCUT2D eigenvalue weighted by molar-refractivity contribution is 6.00. The topological polar surface area (TPSA) is 64.7 Å². The van der Waals surface area contributed by atoms with Crippen LogP contribution in [0.25, 0.3) is 0 Å². The summed E-state index contributed by atoms with van der Waals surface area (Å²) in [5.41, 5.74) is 2.62. The minimum absolute atomic E-state index is 0.0787. The van der Waals surface area contributed by atoms with Gasteiger partial charge in [-0.1, -0.05) is 19.2 Å². The maximum atomic E-state index is 13.0. The fraction of sp³-hybridized carbons (Fsp3) is 0.391. The summed E-state index contributed by atoms with van der Waals surface area (Å²) in [5, 5.41) is 5.46. The molecule has 2 saturated heterocycles. The standard InChI is InChI=1S/C23H30N4O2/c1-3-9-18(4-2)24-23(29)25-21-10-8-17-27(22(21)28)20-13-11-19(12-14-20)26-15-6-5-7-16-26/h3-4,9,11-14,21H,1-2,5-8,10,15-17H2,(H2,24,25,29)/b18-9+. The molecule has 0 spiro atoms. The maximum absolute atomic E-state index is 13.0. The van der Waals surface area contributed by atoms with Crippen LogP contribution in [0.4, 0.5) is 16.2 Å². The number of piperidine rings is 2. The normalized spacial score (nSPS) is 20.2. The monoisotopic (exact) mass is 394 g/mol. The van der Waals surface area contributed by atoms with E-state index in [1.54, 1.807) is 17.1 Å². The van der Waals surface area contributed by atoms with Crippen molar-refractivity contribution < 1.29 is 9.59 Å². The summed E-state index contributed by atoms with van der Waals surface area (Å²) in [6.45, 7) is 10.1. The van der Waals surface area contributed by atoms with Gasteiger partial charge in [-0.15, -0.1) is 0 Å². The van der Waals surface area contributed by atoms with E-state index in [2.05, 4.69) is 40.8 Å². The summed E-state index contributed by atoms with van der Waals surface area (Å²) in [5.74, 6) is -0.0787. The second-order valence-corrected chi connectivity index (χ2v) is 7.41. The zero-order chi connectivity index (χ0) is 20.6. The Hall–Kier alpha value is -3.02. The molecule has 6 nitrogen and oxygen atoms in total. The quantitative estimate of drug-likeness (QED) is 0.723. The van der Waals surface area contributed by atoms with Crippen molar-refractivity contribution in [3.05, 3.63) is 61.3 Å². The van der Waals surface area contributed by atoms with E-state index >= 15 is 0 Å². The molecule has 3 rings (SSSR count). The minimum Gasteiger partial charge on any atom is -0.372 e. The first-order valence-electron chi connectivity index (χ1n) is 10.3. The molecule has 2 N–H and O–H groups in total. The van der Waals surface area contributed by atoms with E-state index in [1.165, 1.54) is 31.0 Å². The van der Waals surface area contributed by atoms with Gasteiger partial charge in [-0.2, -0.15) is 0 Å². The van der Waals surface area contributed by atoms with Crippen LogP contribution in [-0.2, 0) is 4.79 Å². The van der Waals surface area contributed by atoms with Crippen LogP contribution < -0.4 is 20.4 Å². The van der Waals surface area contributed by atoms with Gasteiger partial charge in [0.15, 0.2) is 0 Å². The summed E-state index contributed by atoms with van der Waals surface area (Å²) in [4.78, 5) is 29.4. The fourth-order valence-electron chi connectivity index (χ4n) is 3.87. The van der Waals surface area contributed by atoms with E-state index in [-0.39, 0.29) is 5.91 Å². The molecule has 3 amide bonds. The molecule has 0 bridgehead atoms. The third-order valence-corrected chi connectivity index (χ3v) is 5.40. The Bertz CT molecular complexity index is 779. The van der Waals surface area contributed by atoms with Crippen molar-refractivity contribution in [1.29, 1.82) is 0 Å². The van der Waals surface area contributed by atoms with Gasteiger partial charge < -0.3 is 20.4 Å². The Kier molecular flexibility index (Phi) is 7.11. The molecule has 154 valence electrons. The highest BCUT2D eigenvalue weighted by atomic mass is 16.2. The number of amides is 3. The Labute approximate surface area is 172 Å². The number of nitrogens with one attached hydrogen (secondary N) is 2. The number of rotatable bonds is 6. The predicted octanol–water partition coefficient (Wildman–Crippen LogP) is 3.73. The zero-order valence-corrected chi connectivity index (χ0v) is 16.9. The first-order valence-corrected chi connectivity index (χ1v) is 10.3. The largest absolute Gasteiger partial charge is 0.372 e. The predicted molar refractivity (Wildman–Crippen MR) is 118 cm³/mol. The molecule has 1 unspecified atom stereocenters. The van der Waals surface area contributed by atoms with Crippen molar-refractivity contribution in [2.45, 2.75) is 38.1 Å². The van der Waals surface area contributed by atoms with Gasteiger partial charge in [-0.05, 0) is 68.5 Å². The summed E-state index contributed by atoms with van der Waals surface area (Å²) in [6.07, 6.45) is 9.97. The lowest BCUT2D eigenvalue weighted by Gasteiger charge is -2.33. The number of urea groups is 1. The smallest absolute Gasteiger partial charge is 0.319 e. The van der Waals surface area contributed by atoms with Gasteiger partial charge in [0.1, 0.15) is 6.04 Å². The lowest BCUT2D eigenvalue weighted by Crippen LogP contribution is -2.54. The van der Waals surface area contributed by atoms with Gasteiger partial charge in [0.05, 0.1) is 0 Å². The molecule has 2 aliphatic rings. The maximum Gasteiger partial charge on any atom is 0.319 e. The fourth-order valence-corrected chi connectivity index (χ4v) is 3.87. The molecule has 6 heteroatoms. The number of hydrogen-bond donors (Lipinski definition) is 2. The molecule has 0 saturated carbocycles. The van der Waals surface area contributed by atoms with Crippen LogP contribution in [0.2, 0.25) is 0 Å². The average Bonchev–Trinajstić information content (AvgIpc) is 2.75. The first kappa shape index (κ1) is 20.7. The van der Waals surface area contributed by atoms with Crippen molar-refractivity contribution in [3.8, 4) is 0 Å². The second-order valence-electron chi connectivity index (χ2n) is 7.41. The van der Waals surface area contributed by atoms with E-state index in [4.69, 9.17) is 0 Å². The number of allylic oxidation sites excluding steroid dienone is 3. The van der Waals surface area contributed by atoms with Gasteiger partial charge in [-0.25, -0.2) is 4.79 Å².